The molecular weight excluding hydrogens is 613 g/mol. The van der Waals surface area contributed by atoms with E-state index in [1.54, 1.807) is 0 Å². The Morgan fingerprint density at radius 3 is 1.64 bits per heavy atom. The van der Waals surface area contributed by atoms with Crippen LogP contribution in [0.5, 0.6) is 0 Å². The molecule has 0 amide bonds. The number of aromatic amines is 1. The minimum atomic E-state index is 0.520. The largest absolute Gasteiger partial charge is 0.355 e. The maximum atomic E-state index is 13.0. The number of aromatic nitrogens is 4. The fourth-order valence-corrected chi connectivity index (χ4v) is 7.01. The van der Waals surface area contributed by atoms with Gasteiger partial charge in [-0.15, -0.1) is 0 Å². The summed E-state index contributed by atoms with van der Waals surface area (Å²) in [4.78, 5) is 26.8. The summed E-state index contributed by atoms with van der Waals surface area (Å²) in [5.41, 5.74) is 14.2. The van der Waals surface area contributed by atoms with Crippen LogP contribution in [0.25, 0.3) is 84.9 Å². The number of carbonyl (C=O) groups excluding carboxylic acids is 1. The number of nitrogens with one attached hydrogen (secondary N) is 1. The second-order valence-electron chi connectivity index (χ2n) is 12.3. The quantitative estimate of drug-likeness (QED) is 0.190. The van der Waals surface area contributed by atoms with E-state index in [0.717, 1.165) is 78.8 Å². The van der Waals surface area contributed by atoms with E-state index in [9.17, 15) is 4.79 Å². The molecule has 8 bridgehead atoms. The number of allylic oxidation sites excluding steroid dienone is 1. The maximum Gasteiger partial charge on any atom is 0.152 e. The van der Waals surface area contributed by atoms with Crippen molar-refractivity contribution in [2.75, 3.05) is 0 Å². The zero-order valence-electron chi connectivity index (χ0n) is 27.0. The predicted octanol–water partition coefficient (Wildman–Crippen LogP) is 10.7. The molecule has 4 aromatic carbocycles. The first kappa shape index (κ1) is 29.3. The Labute approximate surface area is 289 Å². The fraction of sp³-hybridized carbons (Fsp3) is 0. The highest BCUT2D eigenvalue weighted by molar-refractivity contribution is 6.19. The standard InChI is InChI=1S/C45H30N4O/c50-29-33-25-38-27-36-22-21-34(46-36)26-35-23-24-37(47-35)28-40-41(30-13-5-1-6-14-30)42(31-15-7-2-8-16-31)45(49(40)39-19-11-4-12-20-39)43(44(33)48-38)32-17-9-3-10-18-32/h1-29,46H. The molecule has 5 heterocycles. The third-order valence-corrected chi connectivity index (χ3v) is 9.13. The zero-order valence-corrected chi connectivity index (χ0v) is 27.0. The van der Waals surface area contributed by atoms with Crippen molar-refractivity contribution in [1.29, 1.82) is 0 Å². The molecule has 3 aromatic heterocycles. The number of fused-ring (bicyclic) bond motifs is 8. The van der Waals surface area contributed by atoms with Crippen LogP contribution in [-0.4, -0.2) is 25.8 Å². The summed E-state index contributed by atoms with van der Waals surface area (Å²) >= 11 is 0. The number of H-pyrrole nitrogens is 1. The van der Waals surface area contributed by atoms with Gasteiger partial charge in [-0.05, 0) is 77.4 Å². The Hall–Kier alpha value is -6.85. The molecule has 1 N–H and O–H groups in total. The minimum absolute atomic E-state index is 0.520. The third kappa shape index (κ3) is 5.18. The van der Waals surface area contributed by atoms with Gasteiger partial charge in [-0.1, -0.05) is 109 Å². The van der Waals surface area contributed by atoms with Gasteiger partial charge in [-0.2, -0.15) is 0 Å². The van der Waals surface area contributed by atoms with Crippen molar-refractivity contribution in [1.82, 2.24) is 19.5 Å². The lowest BCUT2D eigenvalue weighted by atomic mass is 9.92. The number of rotatable bonds is 5. The summed E-state index contributed by atoms with van der Waals surface area (Å²) in [6, 6.07) is 52.0. The predicted molar refractivity (Wildman–Crippen MR) is 205 cm³/mol. The lowest BCUT2D eigenvalue weighted by molar-refractivity contribution is -0.103. The van der Waals surface area contributed by atoms with Crippen molar-refractivity contribution in [3.63, 3.8) is 0 Å². The summed E-state index contributed by atoms with van der Waals surface area (Å²) in [5.74, 6) is 0. The summed E-state index contributed by atoms with van der Waals surface area (Å²) in [6.45, 7) is 0. The molecule has 0 aliphatic carbocycles. The highest BCUT2D eigenvalue weighted by Gasteiger charge is 2.27. The van der Waals surface area contributed by atoms with Gasteiger partial charge >= 0.3 is 0 Å². The second kappa shape index (κ2) is 12.3. The van der Waals surface area contributed by atoms with Crippen molar-refractivity contribution < 1.29 is 4.79 Å². The molecular formula is C45H30N4O. The molecule has 0 saturated heterocycles. The molecule has 0 atom stereocenters. The molecule has 50 heavy (non-hydrogen) atoms. The molecule has 5 heteroatoms. The highest BCUT2D eigenvalue weighted by Crippen LogP contribution is 2.47. The van der Waals surface area contributed by atoms with Crippen molar-refractivity contribution in [2.24, 2.45) is 0 Å². The number of aldehydes is 1. The average molecular weight is 643 g/mol. The molecule has 5 nitrogen and oxygen atoms in total. The lowest BCUT2D eigenvalue weighted by Crippen LogP contribution is -1.98. The molecule has 2 aliphatic heterocycles. The van der Waals surface area contributed by atoms with Crippen LogP contribution in [0, 0.1) is 0 Å². The van der Waals surface area contributed by atoms with Crippen molar-refractivity contribution in [3.05, 3.63) is 174 Å². The molecule has 236 valence electrons. The summed E-state index contributed by atoms with van der Waals surface area (Å²) < 4.78 is 2.32. The first-order valence-corrected chi connectivity index (χ1v) is 16.6. The molecule has 0 radical (unpaired) electrons. The molecule has 7 aromatic rings. The molecule has 0 unspecified atom stereocenters. The van der Waals surface area contributed by atoms with Crippen LogP contribution >= 0.6 is 0 Å². The summed E-state index contributed by atoms with van der Waals surface area (Å²) in [6.07, 6.45) is 6.91. The van der Waals surface area contributed by atoms with Gasteiger partial charge in [0.1, 0.15) is 0 Å². The van der Waals surface area contributed by atoms with Gasteiger partial charge in [0.25, 0.3) is 0 Å². The van der Waals surface area contributed by atoms with E-state index in [1.165, 1.54) is 0 Å². The van der Waals surface area contributed by atoms with E-state index in [-0.39, 0.29) is 0 Å². The van der Waals surface area contributed by atoms with Gasteiger partial charge in [0, 0.05) is 39.0 Å². The van der Waals surface area contributed by atoms with Crippen molar-refractivity contribution in [2.45, 2.75) is 0 Å². The SMILES string of the molecule is O=CC1=Cc2cc3ccc(cc4nc(cc5c(-c6ccccc6)c(-c6ccccc6)c(c(-c6ccccc6)c1n2)n5-c1ccccc1)C=C4)[nH]3. The van der Waals surface area contributed by atoms with Crippen LogP contribution in [0.2, 0.25) is 0 Å². The van der Waals surface area contributed by atoms with Crippen LogP contribution in [0.15, 0.2) is 152 Å². The van der Waals surface area contributed by atoms with Crippen LogP contribution < -0.4 is 0 Å². The van der Waals surface area contributed by atoms with E-state index in [1.807, 2.05) is 72.8 Å². The summed E-state index contributed by atoms with van der Waals surface area (Å²) in [5, 5.41) is 0. The molecule has 9 rings (SSSR count). The van der Waals surface area contributed by atoms with E-state index in [0.29, 0.717) is 17.0 Å². The fourth-order valence-electron chi connectivity index (χ4n) is 7.01. The molecule has 0 saturated carbocycles. The Balaban J connectivity index is 1.63. The maximum absolute atomic E-state index is 13.0. The molecule has 0 spiro atoms. The molecule has 2 aliphatic rings. The average Bonchev–Trinajstić information content (AvgIpc) is 3.97. The van der Waals surface area contributed by atoms with E-state index >= 15 is 0 Å². The zero-order chi connectivity index (χ0) is 33.4. The van der Waals surface area contributed by atoms with Gasteiger partial charge < -0.3 is 9.55 Å². The number of nitrogens with zero attached hydrogens (tertiary/aromatic N) is 3. The number of hydrogen-bond acceptors (Lipinski definition) is 3. The van der Waals surface area contributed by atoms with E-state index < -0.39 is 0 Å². The van der Waals surface area contributed by atoms with Gasteiger partial charge in [-0.25, -0.2) is 9.97 Å². The van der Waals surface area contributed by atoms with Gasteiger partial charge in [0.05, 0.1) is 33.8 Å². The van der Waals surface area contributed by atoms with Gasteiger partial charge in [-0.3, -0.25) is 4.79 Å². The smallest absolute Gasteiger partial charge is 0.152 e. The van der Waals surface area contributed by atoms with Crippen LogP contribution in [0.3, 0.4) is 0 Å². The van der Waals surface area contributed by atoms with Crippen molar-refractivity contribution >= 4 is 52.2 Å². The highest BCUT2D eigenvalue weighted by atomic mass is 16.1. The van der Waals surface area contributed by atoms with Gasteiger partial charge in [0.2, 0.25) is 0 Å². The van der Waals surface area contributed by atoms with Crippen LogP contribution in [-0.2, 0) is 4.79 Å². The number of carbonyl (C=O) groups is 1. The summed E-state index contributed by atoms with van der Waals surface area (Å²) in [7, 11) is 0. The first-order chi connectivity index (χ1) is 24.7. The minimum Gasteiger partial charge on any atom is -0.355 e. The first-order valence-electron chi connectivity index (χ1n) is 16.6. The third-order valence-electron chi connectivity index (χ3n) is 9.13. The normalized spacial score (nSPS) is 12.1. The number of benzene rings is 4. The number of hydrogen-bond donors (Lipinski definition) is 1. The van der Waals surface area contributed by atoms with Crippen molar-refractivity contribution in [3.8, 4) is 39.1 Å². The lowest BCUT2D eigenvalue weighted by Gasteiger charge is -2.14. The van der Waals surface area contributed by atoms with Crippen LogP contribution in [0.1, 0.15) is 22.8 Å². The topological polar surface area (TPSA) is 63.6 Å². The number of para-hydroxylation sites is 1. The van der Waals surface area contributed by atoms with Gasteiger partial charge in [0.15, 0.2) is 6.29 Å². The van der Waals surface area contributed by atoms with E-state index in [4.69, 9.17) is 9.97 Å². The Bertz CT molecular complexity index is 2630. The Kier molecular flexibility index (Phi) is 7.21. The Morgan fingerprint density at radius 1 is 0.520 bits per heavy atom. The second-order valence-corrected chi connectivity index (χ2v) is 12.3. The molecule has 0 fully saturated rings. The van der Waals surface area contributed by atoms with Crippen LogP contribution in [0.4, 0.5) is 0 Å². The Morgan fingerprint density at radius 2 is 1.04 bits per heavy atom. The van der Waals surface area contributed by atoms with E-state index in [2.05, 4.69) is 107 Å². The monoisotopic (exact) mass is 642 g/mol.